The predicted molar refractivity (Wildman–Crippen MR) is 130 cm³/mol. The molecule has 1 fully saturated rings. The zero-order valence-corrected chi connectivity index (χ0v) is 18.7. The smallest absolute Gasteiger partial charge is 0.174 e. The number of aryl methyl sites for hydroxylation is 2. The van der Waals surface area contributed by atoms with Gasteiger partial charge in [-0.1, -0.05) is 12.1 Å². The minimum atomic E-state index is -0.255. The molecular formula is C26H23FN4S. The Kier molecular flexibility index (Phi) is 5.23. The molecule has 6 heteroatoms. The number of pyridine rings is 1. The third-order valence-electron chi connectivity index (χ3n) is 6.05. The quantitative estimate of drug-likeness (QED) is 0.405. The van der Waals surface area contributed by atoms with Crippen molar-refractivity contribution in [3.05, 3.63) is 114 Å². The molecular weight excluding hydrogens is 419 g/mol. The molecule has 0 spiro atoms. The number of thiocarbonyl (C=S) groups is 1. The Morgan fingerprint density at radius 1 is 0.906 bits per heavy atom. The fourth-order valence-corrected chi connectivity index (χ4v) is 4.63. The van der Waals surface area contributed by atoms with E-state index in [4.69, 9.17) is 12.2 Å². The molecule has 0 unspecified atom stereocenters. The van der Waals surface area contributed by atoms with Crippen LogP contribution in [0.2, 0.25) is 0 Å². The first-order valence-electron chi connectivity index (χ1n) is 10.5. The number of hydrogen-bond acceptors (Lipinski definition) is 2. The molecule has 0 aliphatic carbocycles. The van der Waals surface area contributed by atoms with E-state index >= 15 is 0 Å². The molecule has 5 rings (SSSR count). The second-order valence-corrected chi connectivity index (χ2v) is 8.43. The lowest BCUT2D eigenvalue weighted by Gasteiger charge is -2.29. The average molecular weight is 443 g/mol. The van der Waals surface area contributed by atoms with Crippen LogP contribution in [0, 0.1) is 19.7 Å². The summed E-state index contributed by atoms with van der Waals surface area (Å²) in [6.45, 7) is 4.21. The van der Waals surface area contributed by atoms with E-state index in [1.807, 2.05) is 30.5 Å². The Balaban J connectivity index is 1.67. The van der Waals surface area contributed by atoms with Gasteiger partial charge in [0.15, 0.2) is 5.11 Å². The van der Waals surface area contributed by atoms with Gasteiger partial charge < -0.3 is 14.8 Å². The van der Waals surface area contributed by atoms with Crippen LogP contribution in [0.1, 0.15) is 34.6 Å². The summed E-state index contributed by atoms with van der Waals surface area (Å²) in [7, 11) is 0. The number of nitrogens with one attached hydrogen (secondary N) is 1. The Morgan fingerprint density at radius 2 is 1.69 bits per heavy atom. The molecule has 1 aliphatic rings. The standard InChI is InChI=1S/C26H23FN4S/c1-17-8-11-21(16-18(17)2)31-25(24(29-26(31)32)22-6-3-4-14-28-22)23-7-5-15-30(23)20-12-9-19(27)10-13-20/h3-16,24-25H,1-2H3,(H,29,32)/t24-,25-/m1/s1. The number of aromatic nitrogens is 2. The zero-order chi connectivity index (χ0) is 22.2. The molecule has 4 aromatic rings. The minimum Gasteiger partial charge on any atom is -0.351 e. The van der Waals surface area contributed by atoms with Crippen molar-refractivity contribution >= 4 is 23.0 Å². The van der Waals surface area contributed by atoms with Gasteiger partial charge in [0, 0.05) is 29.5 Å². The first-order chi connectivity index (χ1) is 15.5. The SMILES string of the molecule is Cc1ccc(N2C(=S)N[C@H](c3ccccn3)[C@H]2c2cccn2-c2ccc(F)cc2)cc1C. The fraction of sp³-hybridized carbons (Fsp3) is 0.154. The summed E-state index contributed by atoms with van der Waals surface area (Å²) < 4.78 is 15.7. The highest BCUT2D eigenvalue weighted by Gasteiger charge is 2.42. The van der Waals surface area contributed by atoms with Gasteiger partial charge in [0.1, 0.15) is 11.9 Å². The van der Waals surface area contributed by atoms with Crippen molar-refractivity contribution in [2.75, 3.05) is 4.90 Å². The maximum Gasteiger partial charge on any atom is 0.174 e. The van der Waals surface area contributed by atoms with Gasteiger partial charge in [0.25, 0.3) is 0 Å². The van der Waals surface area contributed by atoms with E-state index in [1.54, 1.807) is 18.3 Å². The molecule has 2 aromatic heterocycles. The van der Waals surface area contributed by atoms with Gasteiger partial charge in [-0.05, 0) is 97.9 Å². The van der Waals surface area contributed by atoms with Crippen LogP contribution in [0.25, 0.3) is 5.69 Å². The maximum atomic E-state index is 13.6. The number of halogens is 1. The number of rotatable bonds is 4. The van der Waals surface area contributed by atoms with Crippen LogP contribution in [0.15, 0.2) is 85.2 Å². The van der Waals surface area contributed by atoms with Crippen LogP contribution < -0.4 is 10.2 Å². The second kappa shape index (κ2) is 8.20. The van der Waals surface area contributed by atoms with Gasteiger partial charge in [0.2, 0.25) is 0 Å². The van der Waals surface area contributed by atoms with Crippen LogP contribution in [-0.2, 0) is 0 Å². The fourth-order valence-electron chi connectivity index (χ4n) is 4.28. The first kappa shape index (κ1) is 20.4. The topological polar surface area (TPSA) is 33.1 Å². The van der Waals surface area contributed by atoms with Crippen LogP contribution in [0.3, 0.4) is 0 Å². The van der Waals surface area contributed by atoms with Crippen molar-refractivity contribution in [3.63, 3.8) is 0 Å². The Hall–Kier alpha value is -3.51. The average Bonchev–Trinajstić information content (AvgIpc) is 3.41. The van der Waals surface area contributed by atoms with Gasteiger partial charge in [-0.3, -0.25) is 4.98 Å². The molecule has 0 saturated carbocycles. The highest BCUT2D eigenvalue weighted by Crippen LogP contribution is 2.42. The van der Waals surface area contributed by atoms with Crippen molar-refractivity contribution in [2.24, 2.45) is 0 Å². The molecule has 0 bridgehead atoms. The molecule has 2 atom stereocenters. The Morgan fingerprint density at radius 3 is 2.41 bits per heavy atom. The summed E-state index contributed by atoms with van der Waals surface area (Å²) in [6.07, 6.45) is 3.80. The normalized spacial score (nSPS) is 18.1. The van der Waals surface area contributed by atoms with E-state index < -0.39 is 0 Å². The van der Waals surface area contributed by atoms with E-state index in [0.29, 0.717) is 5.11 Å². The second-order valence-electron chi connectivity index (χ2n) is 8.04. The van der Waals surface area contributed by atoms with Gasteiger partial charge in [-0.2, -0.15) is 0 Å². The summed E-state index contributed by atoms with van der Waals surface area (Å²) in [5, 5.41) is 4.15. The number of anilines is 1. The lowest BCUT2D eigenvalue weighted by atomic mass is 10.00. The largest absolute Gasteiger partial charge is 0.351 e. The van der Waals surface area contributed by atoms with Crippen molar-refractivity contribution in [3.8, 4) is 5.69 Å². The molecule has 4 nitrogen and oxygen atoms in total. The van der Waals surface area contributed by atoms with Gasteiger partial charge >= 0.3 is 0 Å². The van der Waals surface area contributed by atoms with Gasteiger partial charge in [-0.15, -0.1) is 0 Å². The Labute approximate surface area is 192 Å². The van der Waals surface area contributed by atoms with Crippen molar-refractivity contribution < 1.29 is 4.39 Å². The summed E-state index contributed by atoms with van der Waals surface area (Å²) in [6, 6.07) is 22.7. The third kappa shape index (κ3) is 3.56. The molecule has 1 saturated heterocycles. The summed E-state index contributed by atoms with van der Waals surface area (Å²) in [5.41, 5.74) is 6.32. The lowest BCUT2D eigenvalue weighted by Crippen LogP contribution is -2.30. The molecule has 3 heterocycles. The van der Waals surface area contributed by atoms with Crippen LogP contribution in [-0.4, -0.2) is 14.7 Å². The maximum absolute atomic E-state index is 13.6. The number of nitrogens with zero attached hydrogens (tertiary/aromatic N) is 3. The van der Waals surface area contributed by atoms with Crippen molar-refractivity contribution in [1.82, 2.24) is 14.9 Å². The van der Waals surface area contributed by atoms with E-state index in [2.05, 4.69) is 57.9 Å². The molecule has 0 amide bonds. The minimum absolute atomic E-state index is 0.139. The van der Waals surface area contributed by atoms with Crippen LogP contribution in [0.5, 0.6) is 0 Å². The molecule has 1 aliphatic heterocycles. The predicted octanol–water partition coefficient (Wildman–Crippen LogP) is 5.81. The lowest BCUT2D eigenvalue weighted by molar-refractivity contribution is 0.549. The van der Waals surface area contributed by atoms with Crippen molar-refractivity contribution in [2.45, 2.75) is 25.9 Å². The summed E-state index contributed by atoms with van der Waals surface area (Å²) in [5.74, 6) is -0.255. The number of hydrogen-bond donors (Lipinski definition) is 1. The molecule has 160 valence electrons. The van der Waals surface area contributed by atoms with Gasteiger partial charge in [-0.25, -0.2) is 4.39 Å². The summed E-state index contributed by atoms with van der Waals surface area (Å²) in [4.78, 5) is 6.78. The van der Waals surface area contributed by atoms with E-state index in [-0.39, 0.29) is 17.9 Å². The highest BCUT2D eigenvalue weighted by atomic mass is 32.1. The molecule has 0 radical (unpaired) electrons. The molecule has 1 N–H and O–H groups in total. The Bertz CT molecular complexity index is 1270. The summed E-state index contributed by atoms with van der Waals surface area (Å²) >= 11 is 5.83. The van der Waals surface area contributed by atoms with E-state index in [1.165, 1.54) is 23.3 Å². The van der Waals surface area contributed by atoms with Gasteiger partial charge in [0.05, 0.1) is 11.7 Å². The monoisotopic (exact) mass is 442 g/mol. The molecule has 32 heavy (non-hydrogen) atoms. The zero-order valence-electron chi connectivity index (χ0n) is 17.9. The van der Waals surface area contributed by atoms with Crippen LogP contribution >= 0.6 is 12.2 Å². The van der Waals surface area contributed by atoms with Crippen LogP contribution in [0.4, 0.5) is 10.1 Å². The number of benzene rings is 2. The van der Waals surface area contributed by atoms with E-state index in [0.717, 1.165) is 22.8 Å². The van der Waals surface area contributed by atoms with Crippen molar-refractivity contribution in [1.29, 1.82) is 0 Å². The first-order valence-corrected chi connectivity index (χ1v) is 10.9. The van der Waals surface area contributed by atoms with E-state index in [9.17, 15) is 4.39 Å². The highest BCUT2D eigenvalue weighted by molar-refractivity contribution is 7.80. The molecule has 2 aromatic carbocycles. The third-order valence-corrected chi connectivity index (χ3v) is 6.37.